The van der Waals surface area contributed by atoms with Crippen LogP contribution in [0.5, 0.6) is 0 Å². The van der Waals surface area contributed by atoms with Crippen LogP contribution in [-0.4, -0.2) is 5.38 Å². The Morgan fingerprint density at radius 1 is 1.38 bits per heavy atom. The van der Waals surface area contributed by atoms with E-state index in [1.807, 2.05) is 24.3 Å². The summed E-state index contributed by atoms with van der Waals surface area (Å²) in [5, 5.41) is 0.897. The first kappa shape index (κ1) is 10.9. The minimum absolute atomic E-state index is 0.262. The molecular formula is C10H9Cl3. The Morgan fingerprint density at radius 2 is 2.00 bits per heavy atom. The van der Waals surface area contributed by atoms with Crippen LogP contribution in [0.15, 0.2) is 35.9 Å². The number of allylic oxidation sites excluding steroid dienone is 1. The van der Waals surface area contributed by atoms with E-state index in [1.54, 1.807) is 0 Å². The van der Waals surface area contributed by atoms with E-state index in [0.717, 1.165) is 5.56 Å². The zero-order chi connectivity index (χ0) is 9.84. The smallest absolute Gasteiger partial charge is 0.0727 e. The van der Waals surface area contributed by atoms with Gasteiger partial charge in [-0.2, -0.15) is 0 Å². The Bertz CT molecular complexity index is 307. The molecule has 70 valence electrons. The standard InChI is InChI=1S/C10H9Cl3/c1-7(11)10(13)6-8-4-2-3-5-9(8)12/h2-5,10H,1,6H2. The van der Waals surface area contributed by atoms with Crippen molar-refractivity contribution in [3.05, 3.63) is 46.5 Å². The van der Waals surface area contributed by atoms with E-state index in [-0.39, 0.29) is 5.38 Å². The second-order valence-electron chi connectivity index (χ2n) is 2.71. The third kappa shape index (κ3) is 3.22. The van der Waals surface area contributed by atoms with Gasteiger partial charge in [0.2, 0.25) is 0 Å². The summed E-state index contributed by atoms with van der Waals surface area (Å²) in [5.41, 5.74) is 0.992. The molecule has 0 nitrogen and oxygen atoms in total. The molecule has 0 radical (unpaired) electrons. The van der Waals surface area contributed by atoms with Crippen molar-refractivity contribution in [2.45, 2.75) is 11.8 Å². The lowest BCUT2D eigenvalue weighted by atomic mass is 10.1. The predicted molar refractivity (Wildman–Crippen MR) is 59.8 cm³/mol. The third-order valence-corrected chi connectivity index (χ3v) is 2.86. The average Bonchev–Trinajstić information content (AvgIpc) is 2.08. The number of halogens is 3. The van der Waals surface area contributed by atoms with Gasteiger partial charge in [-0.1, -0.05) is 48.0 Å². The summed E-state index contributed by atoms with van der Waals surface area (Å²) in [4.78, 5) is 0. The molecule has 1 rings (SSSR count). The van der Waals surface area contributed by atoms with E-state index in [0.29, 0.717) is 16.5 Å². The van der Waals surface area contributed by atoms with Crippen molar-refractivity contribution in [1.29, 1.82) is 0 Å². The second kappa shape index (κ2) is 4.90. The summed E-state index contributed by atoms with van der Waals surface area (Å²) in [6.45, 7) is 3.57. The quantitative estimate of drug-likeness (QED) is 0.688. The van der Waals surface area contributed by atoms with E-state index in [4.69, 9.17) is 34.8 Å². The van der Waals surface area contributed by atoms with Crippen LogP contribution in [0.1, 0.15) is 5.56 Å². The second-order valence-corrected chi connectivity index (χ2v) is 4.13. The molecule has 3 heteroatoms. The zero-order valence-electron chi connectivity index (χ0n) is 6.93. The van der Waals surface area contributed by atoms with Crippen molar-refractivity contribution in [3.8, 4) is 0 Å². The molecule has 1 unspecified atom stereocenters. The molecule has 0 N–H and O–H groups in total. The first-order chi connectivity index (χ1) is 6.11. The van der Waals surface area contributed by atoms with Crippen LogP contribution < -0.4 is 0 Å². The van der Waals surface area contributed by atoms with Gasteiger partial charge in [-0.25, -0.2) is 0 Å². The normalized spacial score (nSPS) is 12.5. The van der Waals surface area contributed by atoms with Crippen LogP contribution in [-0.2, 0) is 6.42 Å². The number of hydrogen-bond donors (Lipinski definition) is 0. The molecule has 0 aliphatic carbocycles. The summed E-state index contributed by atoms with van der Waals surface area (Å²) >= 11 is 17.5. The van der Waals surface area contributed by atoms with E-state index in [1.165, 1.54) is 0 Å². The SMILES string of the molecule is C=C(Cl)C(Cl)Cc1ccccc1Cl. The van der Waals surface area contributed by atoms with Crippen molar-refractivity contribution >= 4 is 34.8 Å². The maximum atomic E-state index is 5.94. The summed E-state index contributed by atoms with van der Waals surface area (Å²) < 4.78 is 0. The Labute approximate surface area is 93.1 Å². The molecule has 0 saturated heterocycles. The van der Waals surface area contributed by atoms with Gasteiger partial charge in [-0.15, -0.1) is 11.6 Å². The van der Waals surface area contributed by atoms with E-state index < -0.39 is 0 Å². The molecule has 0 saturated carbocycles. The number of rotatable bonds is 3. The molecule has 0 aliphatic heterocycles. The molecule has 0 spiro atoms. The first-order valence-corrected chi connectivity index (χ1v) is 5.02. The van der Waals surface area contributed by atoms with Gasteiger partial charge in [0, 0.05) is 10.1 Å². The van der Waals surface area contributed by atoms with E-state index in [2.05, 4.69) is 6.58 Å². The van der Waals surface area contributed by atoms with Gasteiger partial charge in [0.15, 0.2) is 0 Å². The van der Waals surface area contributed by atoms with Gasteiger partial charge in [-0.05, 0) is 18.1 Å². The molecule has 0 aromatic heterocycles. The fraction of sp³-hybridized carbons (Fsp3) is 0.200. The molecule has 1 aromatic carbocycles. The van der Waals surface area contributed by atoms with Crippen LogP contribution in [0.2, 0.25) is 5.02 Å². The first-order valence-electron chi connectivity index (χ1n) is 3.83. The predicted octanol–water partition coefficient (Wildman–Crippen LogP) is 4.24. The Morgan fingerprint density at radius 3 is 2.54 bits per heavy atom. The maximum Gasteiger partial charge on any atom is 0.0727 e. The number of benzene rings is 1. The van der Waals surface area contributed by atoms with Crippen LogP contribution in [0, 0.1) is 0 Å². The molecule has 1 aromatic rings. The summed E-state index contributed by atoms with van der Waals surface area (Å²) in [6.07, 6.45) is 0.615. The van der Waals surface area contributed by atoms with E-state index in [9.17, 15) is 0 Å². The fourth-order valence-electron chi connectivity index (χ4n) is 0.968. The van der Waals surface area contributed by atoms with E-state index >= 15 is 0 Å². The molecule has 1 atom stereocenters. The number of alkyl halides is 1. The molecule has 0 heterocycles. The molecule has 0 bridgehead atoms. The molecule has 13 heavy (non-hydrogen) atoms. The van der Waals surface area contributed by atoms with Gasteiger partial charge >= 0.3 is 0 Å². The minimum atomic E-state index is -0.262. The molecule has 0 amide bonds. The zero-order valence-corrected chi connectivity index (χ0v) is 9.20. The van der Waals surface area contributed by atoms with Crippen molar-refractivity contribution in [3.63, 3.8) is 0 Å². The van der Waals surface area contributed by atoms with Crippen LogP contribution in [0.3, 0.4) is 0 Å². The fourth-order valence-corrected chi connectivity index (χ4v) is 1.42. The van der Waals surface area contributed by atoms with Crippen LogP contribution in [0.4, 0.5) is 0 Å². The van der Waals surface area contributed by atoms with Crippen molar-refractivity contribution in [2.24, 2.45) is 0 Å². The Kier molecular flexibility index (Phi) is 4.11. The van der Waals surface area contributed by atoms with Gasteiger partial charge in [-0.3, -0.25) is 0 Å². The third-order valence-electron chi connectivity index (χ3n) is 1.70. The van der Waals surface area contributed by atoms with Crippen LogP contribution in [0.25, 0.3) is 0 Å². The highest BCUT2D eigenvalue weighted by molar-refractivity contribution is 6.37. The van der Waals surface area contributed by atoms with Gasteiger partial charge in [0.05, 0.1) is 5.38 Å². The topological polar surface area (TPSA) is 0 Å². The average molecular weight is 236 g/mol. The molecule has 0 aliphatic rings. The maximum absolute atomic E-state index is 5.94. The van der Waals surface area contributed by atoms with Crippen molar-refractivity contribution in [1.82, 2.24) is 0 Å². The lowest BCUT2D eigenvalue weighted by Gasteiger charge is -2.08. The Balaban J connectivity index is 2.74. The Hall–Kier alpha value is -0.170. The summed E-state index contributed by atoms with van der Waals surface area (Å²) in [5.74, 6) is 0. The summed E-state index contributed by atoms with van der Waals surface area (Å²) in [6, 6.07) is 7.56. The lowest BCUT2D eigenvalue weighted by Crippen LogP contribution is -2.02. The monoisotopic (exact) mass is 234 g/mol. The molecule has 0 fully saturated rings. The van der Waals surface area contributed by atoms with Gasteiger partial charge in [0.25, 0.3) is 0 Å². The minimum Gasteiger partial charge on any atom is -0.117 e. The highest BCUT2D eigenvalue weighted by Crippen LogP contribution is 2.22. The number of hydrogen-bond acceptors (Lipinski definition) is 0. The largest absolute Gasteiger partial charge is 0.117 e. The van der Waals surface area contributed by atoms with Crippen molar-refractivity contribution in [2.75, 3.05) is 0 Å². The van der Waals surface area contributed by atoms with Crippen molar-refractivity contribution < 1.29 is 0 Å². The van der Waals surface area contributed by atoms with Crippen LogP contribution >= 0.6 is 34.8 Å². The lowest BCUT2D eigenvalue weighted by molar-refractivity contribution is 0.998. The highest BCUT2D eigenvalue weighted by Gasteiger charge is 2.09. The molecular weight excluding hydrogens is 226 g/mol. The summed E-state index contributed by atoms with van der Waals surface area (Å²) in [7, 11) is 0. The van der Waals surface area contributed by atoms with Gasteiger partial charge in [0.1, 0.15) is 0 Å². The van der Waals surface area contributed by atoms with Gasteiger partial charge < -0.3 is 0 Å². The highest BCUT2D eigenvalue weighted by atomic mass is 35.5.